The number of carboxylic acid groups (broad SMARTS) is 1. The van der Waals surface area contributed by atoms with Gasteiger partial charge in [0.25, 0.3) is 5.92 Å². The number of imidazole rings is 1. The minimum atomic E-state index is -4.66. The number of hydrogen-bond acceptors (Lipinski definition) is 13. The van der Waals surface area contributed by atoms with Crippen LogP contribution in [0.2, 0.25) is 0 Å². The van der Waals surface area contributed by atoms with Crippen LogP contribution in [-0.4, -0.2) is 123 Å². The predicted molar refractivity (Wildman–Crippen MR) is 335 cm³/mol. The molecule has 90 heavy (non-hydrogen) atoms. The molecule has 0 aliphatic rings. The van der Waals surface area contributed by atoms with Crippen molar-refractivity contribution in [1.29, 1.82) is 0 Å². The number of ether oxygens (including phenoxy) is 2. The standard InChI is InChI=1S/C11H14F2O2S.C9H18O2.C8H10F2N2O.C7H16.C6H9F3O.C6H14O2S.C6H12O2.C5H7F3O.C5H10O2/c1-9(2)11(12,13)8-16(14,15)10-6-4-3-5-7-10;1-4-5-6-11-9(10)7-8(2)3;1-6(2)8(9,10)7(13)12-4-3-11-5-12;1-6(2)7(3,4)5;1-4(2)3-5(10)6(7,8)9;1-6(2)4-5-9(3,7)8;1-5(2)4-6(7)8-3;1-3(2)4(9)5(6,7)8;1-4(2)3-5(6)7/h3-7,9H,8H2,1-2H3;8H,4-7H2,1-3H3;3-6H,1-2H3;6H,1-5H3;4H,3H2,1-2H3;6H,4-5H2,1-3H3;5H,4H2,1-3H3;3H,1-2H3;4H,3H2,1-2H3,(H,6,7). The van der Waals surface area contributed by atoms with Gasteiger partial charge in [0.15, 0.2) is 9.84 Å². The number of carboxylic acids is 1. The average Bonchev–Trinajstić information content (AvgIpc) is 1.30. The number of Topliss-reactive ketones (excluding diaryl/α,β-unsaturated/α-hetero) is 2. The second-order valence-corrected chi connectivity index (χ2v) is 29.5. The molecule has 0 spiro atoms. The highest BCUT2D eigenvalue weighted by molar-refractivity contribution is 7.91. The van der Waals surface area contributed by atoms with Gasteiger partial charge in [0.1, 0.15) is 21.9 Å². The van der Waals surface area contributed by atoms with Crippen molar-refractivity contribution in [3.05, 3.63) is 49.1 Å². The van der Waals surface area contributed by atoms with Gasteiger partial charge in [0.2, 0.25) is 11.6 Å². The molecule has 0 unspecified atom stereocenters. The van der Waals surface area contributed by atoms with Crippen molar-refractivity contribution in [2.75, 3.05) is 31.5 Å². The first kappa shape index (κ1) is 98.6. The first-order chi connectivity index (χ1) is 40.2. The molecule has 2 rings (SSSR count). The van der Waals surface area contributed by atoms with Gasteiger partial charge in [-0.3, -0.25) is 33.3 Å². The van der Waals surface area contributed by atoms with Crippen molar-refractivity contribution in [3.8, 4) is 0 Å². The van der Waals surface area contributed by atoms with Crippen LogP contribution >= 0.6 is 0 Å². The molecule has 1 aromatic heterocycles. The Balaban J connectivity index is -0.000000175. The number of unbranched alkanes of at least 4 members (excludes halogenated alkanes) is 1. The van der Waals surface area contributed by atoms with Gasteiger partial charge in [-0.25, -0.2) is 30.6 Å². The van der Waals surface area contributed by atoms with Crippen LogP contribution in [-0.2, 0) is 53.1 Å². The number of carbonyl (C=O) groups excluding carboxylic acids is 5. The number of esters is 2. The van der Waals surface area contributed by atoms with E-state index in [4.69, 9.17) is 9.84 Å². The molecule has 1 aromatic carbocycles. The van der Waals surface area contributed by atoms with Crippen molar-refractivity contribution in [1.82, 2.24) is 9.55 Å². The van der Waals surface area contributed by atoms with Gasteiger partial charge in [0.05, 0.1) is 24.4 Å². The number of sulfone groups is 2. The Morgan fingerprint density at radius 3 is 1.24 bits per heavy atom. The molecule has 1 N–H and O–H groups in total. The number of hydrogen-bond donors (Lipinski definition) is 1. The number of benzene rings is 1. The fraction of sp³-hybridized carbons (Fsp3) is 0.762. The molecular weight excluding hydrogens is 1250 g/mol. The molecule has 1 heterocycles. The van der Waals surface area contributed by atoms with E-state index in [1.165, 1.54) is 91.6 Å². The minimum absolute atomic E-state index is 0.0599. The zero-order valence-electron chi connectivity index (χ0n) is 57.7. The van der Waals surface area contributed by atoms with Gasteiger partial charge in [-0.05, 0) is 65.9 Å². The Hall–Kier alpha value is -4.95. The Bertz CT molecular complexity index is 2450. The number of aromatic nitrogens is 2. The smallest absolute Gasteiger partial charge is 0.450 e. The van der Waals surface area contributed by atoms with Crippen LogP contribution < -0.4 is 0 Å². The number of alkyl halides is 10. The molecule has 0 bridgehead atoms. The highest BCUT2D eigenvalue weighted by Gasteiger charge is 2.43. The largest absolute Gasteiger partial charge is 0.481 e. The molecule has 0 atom stereocenters. The van der Waals surface area contributed by atoms with E-state index < -0.39 is 97.2 Å². The molecule has 15 nitrogen and oxygen atoms in total. The molecule has 0 aliphatic heterocycles. The van der Waals surface area contributed by atoms with E-state index in [1.807, 2.05) is 55.4 Å². The summed E-state index contributed by atoms with van der Waals surface area (Å²) < 4.78 is 176. The SMILES string of the molecule is CC(C)C(=O)C(F)(F)F.CC(C)C(C)(C)C.CC(C)C(F)(F)C(=O)n1ccnc1.CC(C)C(F)(F)CS(=O)(=O)c1ccccc1.CC(C)CC(=O)C(F)(F)F.CC(C)CC(=O)O.CC(C)CCS(C)(=O)=O.CCCCOC(=O)CC(C)C.COC(=O)CC(C)C. The zero-order chi connectivity index (χ0) is 73.2. The number of rotatable bonds is 21. The van der Waals surface area contributed by atoms with Crippen LogP contribution in [0.5, 0.6) is 0 Å². The van der Waals surface area contributed by atoms with E-state index in [-0.39, 0.29) is 35.1 Å². The van der Waals surface area contributed by atoms with Crippen LogP contribution in [0.25, 0.3) is 0 Å². The summed E-state index contributed by atoms with van der Waals surface area (Å²) in [4.78, 5) is 65.9. The zero-order valence-corrected chi connectivity index (χ0v) is 59.4. The van der Waals surface area contributed by atoms with Crippen LogP contribution in [0, 0.1) is 58.7 Å². The molecular formula is C63H110F10N2O13S2. The van der Waals surface area contributed by atoms with Gasteiger partial charge in [-0.15, -0.1) is 0 Å². The third kappa shape index (κ3) is 61.9. The molecule has 0 radical (unpaired) electrons. The fourth-order valence-corrected chi connectivity index (χ4v) is 7.16. The lowest BCUT2D eigenvalue weighted by Crippen LogP contribution is -2.37. The number of nitrogens with zero attached hydrogens (tertiary/aromatic N) is 2. The first-order valence-electron chi connectivity index (χ1n) is 29.6. The van der Waals surface area contributed by atoms with Gasteiger partial charge in [-0.1, -0.05) is 177 Å². The maximum absolute atomic E-state index is 13.3. The summed E-state index contributed by atoms with van der Waals surface area (Å²) in [5, 5.41) is 8.08. The van der Waals surface area contributed by atoms with E-state index in [9.17, 15) is 89.5 Å². The Kier molecular flexibility index (Phi) is 53.4. The number of halogens is 10. The van der Waals surface area contributed by atoms with Crippen LogP contribution in [0.15, 0.2) is 53.9 Å². The van der Waals surface area contributed by atoms with Crippen LogP contribution in [0.4, 0.5) is 43.9 Å². The second kappa shape index (κ2) is 48.7. The Morgan fingerprint density at radius 1 is 0.600 bits per heavy atom. The lowest BCUT2D eigenvalue weighted by atomic mass is 9.84. The number of carbonyl (C=O) groups is 6. The monoisotopic (exact) mass is 1360 g/mol. The van der Waals surface area contributed by atoms with Gasteiger partial charge < -0.3 is 14.6 Å². The lowest BCUT2D eigenvalue weighted by Gasteiger charge is -2.22. The van der Waals surface area contributed by atoms with E-state index in [0.717, 1.165) is 36.1 Å². The molecule has 27 heteroatoms. The summed E-state index contributed by atoms with van der Waals surface area (Å²) in [6, 6.07) is 7.32. The predicted octanol–water partition coefficient (Wildman–Crippen LogP) is 17.0. The summed E-state index contributed by atoms with van der Waals surface area (Å²) >= 11 is 0. The minimum Gasteiger partial charge on any atom is -0.481 e. The number of aliphatic carboxylic acids is 1. The normalized spacial score (nSPS) is 11.7. The van der Waals surface area contributed by atoms with Crippen molar-refractivity contribution < 1.29 is 104 Å². The average molecular weight is 1360 g/mol. The third-order valence-electron chi connectivity index (χ3n) is 11.3. The summed E-state index contributed by atoms with van der Waals surface area (Å²) in [6.07, 6.45) is -0.708. The summed E-state index contributed by atoms with van der Waals surface area (Å²) in [5.74, 6) is -13.6. The van der Waals surface area contributed by atoms with Crippen molar-refractivity contribution in [3.63, 3.8) is 0 Å². The maximum Gasteiger partial charge on any atom is 0.450 e. The van der Waals surface area contributed by atoms with Crippen molar-refractivity contribution in [2.45, 2.75) is 226 Å². The van der Waals surface area contributed by atoms with Crippen LogP contribution in [0.3, 0.4) is 0 Å². The van der Waals surface area contributed by atoms with Crippen molar-refractivity contribution in [2.24, 2.45) is 58.7 Å². The topological polar surface area (TPSA) is 227 Å². The summed E-state index contributed by atoms with van der Waals surface area (Å²) in [7, 11) is -5.22. The molecule has 0 saturated carbocycles. The molecule has 0 fully saturated rings. The van der Waals surface area contributed by atoms with E-state index >= 15 is 0 Å². The third-order valence-corrected chi connectivity index (χ3v) is 14.0. The molecule has 532 valence electrons. The molecule has 0 saturated heterocycles. The Morgan fingerprint density at radius 2 is 1.02 bits per heavy atom. The number of methoxy groups -OCH3 is 1. The maximum atomic E-state index is 13.3. The summed E-state index contributed by atoms with van der Waals surface area (Å²) in [5.41, 5.74) is 0.500. The fourth-order valence-electron chi connectivity index (χ4n) is 4.68. The first-order valence-corrected chi connectivity index (χ1v) is 33.3. The highest BCUT2D eigenvalue weighted by Crippen LogP contribution is 2.29. The lowest BCUT2D eigenvalue weighted by molar-refractivity contribution is -0.174. The quantitative estimate of drug-likeness (QED) is 0.0697. The van der Waals surface area contributed by atoms with E-state index in [2.05, 4.69) is 51.3 Å². The van der Waals surface area contributed by atoms with E-state index in [1.54, 1.807) is 19.9 Å². The van der Waals surface area contributed by atoms with Crippen LogP contribution in [0.1, 0.15) is 202 Å². The second-order valence-electron chi connectivity index (χ2n) is 25.2. The van der Waals surface area contributed by atoms with Gasteiger partial charge in [-0.2, -0.15) is 35.1 Å². The summed E-state index contributed by atoms with van der Waals surface area (Å²) in [6.45, 7) is 40.5. The molecule has 0 amide bonds. The van der Waals surface area contributed by atoms with E-state index in [0.29, 0.717) is 48.4 Å². The molecule has 0 aliphatic carbocycles. The molecule has 2 aromatic rings. The number of ketones is 2. The Labute approximate surface area is 532 Å². The van der Waals surface area contributed by atoms with Gasteiger partial charge in [0, 0.05) is 62.1 Å². The van der Waals surface area contributed by atoms with Gasteiger partial charge >= 0.3 is 42.1 Å². The van der Waals surface area contributed by atoms with Crippen molar-refractivity contribution >= 4 is 55.1 Å². The highest BCUT2D eigenvalue weighted by atomic mass is 32.2.